The number of aliphatic hydroxyl groups excluding tert-OH is 1. The predicted molar refractivity (Wildman–Crippen MR) is 168 cm³/mol. The molecule has 4 atom stereocenters. The van der Waals surface area contributed by atoms with E-state index in [0.717, 1.165) is 27.9 Å². The number of nitrogens with zero attached hydrogens (tertiary/aromatic N) is 5. The van der Waals surface area contributed by atoms with Gasteiger partial charge < -0.3 is 34.3 Å². The average Bonchev–Trinajstić information content (AvgIpc) is 3.81. The van der Waals surface area contributed by atoms with E-state index in [1.807, 2.05) is 41.4 Å². The third kappa shape index (κ3) is 5.39. The van der Waals surface area contributed by atoms with Gasteiger partial charge in [-0.2, -0.15) is 10.1 Å². The quantitative estimate of drug-likeness (QED) is 0.234. The van der Waals surface area contributed by atoms with Crippen molar-refractivity contribution < 1.29 is 28.8 Å². The van der Waals surface area contributed by atoms with Gasteiger partial charge in [0.05, 0.1) is 59.5 Å². The number of benzene rings is 2. The van der Waals surface area contributed by atoms with Crippen molar-refractivity contribution in [3.63, 3.8) is 0 Å². The third-order valence-electron chi connectivity index (χ3n) is 8.61. The Morgan fingerprint density at radius 2 is 1.78 bits per heavy atom. The summed E-state index contributed by atoms with van der Waals surface area (Å²) in [5.74, 6) is -0.307. The number of pyridine rings is 1. The first kappa shape index (κ1) is 29.3. The first-order valence-electron chi connectivity index (χ1n) is 15.1. The fraction of sp³-hybridized carbons (Fsp3) is 0.364. The predicted octanol–water partition coefficient (Wildman–Crippen LogP) is 4.48. The van der Waals surface area contributed by atoms with Gasteiger partial charge in [-0.25, -0.2) is 9.37 Å². The lowest BCUT2D eigenvalue weighted by molar-refractivity contribution is 0.00706. The second-order valence-corrected chi connectivity index (χ2v) is 13.2. The van der Waals surface area contributed by atoms with Gasteiger partial charge in [0.15, 0.2) is 11.8 Å². The molecule has 0 radical (unpaired) electrons. The highest BCUT2D eigenvalue weighted by Crippen LogP contribution is 2.35. The van der Waals surface area contributed by atoms with Gasteiger partial charge in [-0.1, -0.05) is 41.9 Å². The summed E-state index contributed by atoms with van der Waals surface area (Å²) in [5.41, 5.74) is 5.61. The highest BCUT2D eigenvalue weighted by atomic mass is 35.5. The van der Waals surface area contributed by atoms with Crippen LogP contribution in [0.25, 0.3) is 33.5 Å². The fourth-order valence-corrected chi connectivity index (χ4v) is 6.72. The number of anilines is 1. The first-order valence-corrected chi connectivity index (χ1v) is 15.5. The molecule has 11 nitrogen and oxygen atoms in total. The minimum absolute atomic E-state index is 0.216. The van der Waals surface area contributed by atoms with Gasteiger partial charge in [-0.05, 0) is 43.2 Å². The number of aliphatic hydroxyl groups is 2. The van der Waals surface area contributed by atoms with Crippen LogP contribution in [0.2, 0.25) is 5.02 Å². The number of hydrogen-bond donors (Lipinski definition) is 3. The normalized spacial score (nSPS) is 22.5. The highest BCUT2D eigenvalue weighted by molar-refractivity contribution is 6.33. The zero-order valence-electron chi connectivity index (χ0n) is 25.2. The summed E-state index contributed by atoms with van der Waals surface area (Å²) >= 11 is 6.64. The second-order valence-electron chi connectivity index (χ2n) is 12.8. The van der Waals surface area contributed by atoms with E-state index in [4.69, 9.17) is 25.8 Å². The van der Waals surface area contributed by atoms with E-state index < -0.39 is 23.9 Å². The average molecular weight is 647 g/mol. The standard InChI is InChI=1S/C33H32ClFN6O5/c1-33(2,43)16-41-12-20-11-40(13-24(20)39-41)25-8-7-19(9-22(25)35)17-3-5-18(6-4-17)28-21(34)10-23-31(37-28)38-32(36-23)46-27-15-45-29-26(42)14-44-30(27)29/h3-10,12,26-27,29-30,42-43H,11,13-16H2,1-2H3,(H,36,37,38)/t26-,27-,29-,30-/m1/s1. The molecule has 8 rings (SSSR count). The van der Waals surface area contributed by atoms with Crippen LogP contribution in [0.4, 0.5) is 10.1 Å². The minimum Gasteiger partial charge on any atom is -0.456 e. The number of fused-ring (bicyclic) bond motifs is 3. The Morgan fingerprint density at radius 3 is 2.54 bits per heavy atom. The van der Waals surface area contributed by atoms with Crippen molar-refractivity contribution >= 4 is 28.5 Å². The number of ether oxygens (including phenoxy) is 3. The van der Waals surface area contributed by atoms with Crippen LogP contribution in [0.5, 0.6) is 6.01 Å². The summed E-state index contributed by atoms with van der Waals surface area (Å²) in [6.07, 6.45) is 0.106. The van der Waals surface area contributed by atoms with Crippen LogP contribution in [0.3, 0.4) is 0 Å². The summed E-state index contributed by atoms with van der Waals surface area (Å²) in [4.78, 5) is 14.3. The molecule has 2 aromatic carbocycles. The van der Waals surface area contributed by atoms with Crippen molar-refractivity contribution in [1.29, 1.82) is 0 Å². The van der Waals surface area contributed by atoms with Gasteiger partial charge in [0.2, 0.25) is 0 Å². The van der Waals surface area contributed by atoms with E-state index in [1.165, 1.54) is 0 Å². The summed E-state index contributed by atoms with van der Waals surface area (Å²) in [6, 6.07) is 14.9. The molecular weight excluding hydrogens is 615 g/mol. The molecule has 2 saturated heterocycles. The molecule has 0 aliphatic carbocycles. The Kier molecular flexibility index (Phi) is 7.03. The molecular formula is C33H32ClFN6O5. The summed E-state index contributed by atoms with van der Waals surface area (Å²) in [6.45, 7) is 5.47. The van der Waals surface area contributed by atoms with Crippen molar-refractivity contribution in [3.05, 3.63) is 76.8 Å². The van der Waals surface area contributed by atoms with Crippen LogP contribution in [-0.4, -0.2) is 78.2 Å². The number of aromatic nitrogens is 5. The molecule has 0 spiro atoms. The Hall–Kier alpha value is -4.07. The van der Waals surface area contributed by atoms with Crippen molar-refractivity contribution in [2.75, 3.05) is 18.1 Å². The maximum Gasteiger partial charge on any atom is 0.296 e. The van der Waals surface area contributed by atoms with Gasteiger partial charge in [0.25, 0.3) is 6.01 Å². The van der Waals surface area contributed by atoms with E-state index in [2.05, 4.69) is 20.1 Å². The monoisotopic (exact) mass is 646 g/mol. The van der Waals surface area contributed by atoms with E-state index in [-0.39, 0.29) is 31.1 Å². The zero-order valence-corrected chi connectivity index (χ0v) is 25.9. The van der Waals surface area contributed by atoms with E-state index in [0.29, 0.717) is 47.2 Å². The lowest BCUT2D eigenvalue weighted by Gasteiger charge is -2.20. The zero-order chi connectivity index (χ0) is 31.7. The summed E-state index contributed by atoms with van der Waals surface area (Å²) in [5, 5.41) is 25.1. The van der Waals surface area contributed by atoms with E-state index >= 15 is 4.39 Å². The third-order valence-corrected chi connectivity index (χ3v) is 8.89. The van der Waals surface area contributed by atoms with Crippen molar-refractivity contribution in [1.82, 2.24) is 24.7 Å². The van der Waals surface area contributed by atoms with Gasteiger partial charge >= 0.3 is 0 Å². The van der Waals surface area contributed by atoms with Crippen LogP contribution in [0, 0.1) is 5.82 Å². The molecule has 0 unspecified atom stereocenters. The lowest BCUT2D eigenvalue weighted by atomic mass is 10.0. The van der Waals surface area contributed by atoms with E-state index in [9.17, 15) is 10.2 Å². The first-order chi connectivity index (χ1) is 22.1. The Morgan fingerprint density at radius 1 is 1.02 bits per heavy atom. The Bertz CT molecular complexity index is 1920. The molecule has 3 aromatic heterocycles. The number of nitrogens with one attached hydrogen (secondary N) is 1. The maximum absolute atomic E-state index is 15.4. The molecule has 0 bridgehead atoms. The van der Waals surface area contributed by atoms with Crippen LogP contribution in [0.15, 0.2) is 54.7 Å². The molecule has 2 fully saturated rings. The lowest BCUT2D eigenvalue weighted by Crippen LogP contribution is -2.34. The summed E-state index contributed by atoms with van der Waals surface area (Å²) in [7, 11) is 0. The number of halogens is 2. The van der Waals surface area contributed by atoms with E-state index in [1.54, 1.807) is 36.7 Å². The molecule has 13 heteroatoms. The number of hydrogen-bond acceptors (Lipinski definition) is 9. The minimum atomic E-state index is -0.858. The van der Waals surface area contributed by atoms with Crippen LogP contribution >= 0.6 is 11.6 Å². The maximum atomic E-state index is 15.4. The molecule has 3 aliphatic heterocycles. The van der Waals surface area contributed by atoms with Crippen molar-refractivity contribution in [2.45, 2.75) is 63.5 Å². The molecule has 0 saturated carbocycles. The molecule has 5 aromatic rings. The Labute approximate surface area is 268 Å². The number of rotatable bonds is 7. The SMILES string of the molecule is CC(C)(O)Cn1cc2c(n1)CN(c1ccc(-c3ccc(-c4nc5nc(O[C@@H]6CO[C@H]7[C@@H]6OC[C@H]7O)[nH]c5cc4Cl)cc3)cc1F)C2. The second kappa shape index (κ2) is 11.0. The molecule has 238 valence electrons. The number of aromatic amines is 1. The molecule has 0 amide bonds. The highest BCUT2D eigenvalue weighted by Gasteiger charge is 2.48. The van der Waals surface area contributed by atoms with Crippen LogP contribution in [0.1, 0.15) is 25.1 Å². The Balaban J connectivity index is 0.965. The molecule has 3 aliphatic rings. The van der Waals surface area contributed by atoms with Crippen LogP contribution in [-0.2, 0) is 29.1 Å². The van der Waals surface area contributed by atoms with Gasteiger partial charge in [0.1, 0.15) is 24.1 Å². The smallest absolute Gasteiger partial charge is 0.296 e. The van der Waals surface area contributed by atoms with Crippen molar-refractivity contribution in [2.24, 2.45) is 0 Å². The van der Waals surface area contributed by atoms with Gasteiger partial charge in [-0.15, -0.1) is 0 Å². The topological polar surface area (TPSA) is 131 Å². The number of imidazole rings is 1. The largest absolute Gasteiger partial charge is 0.456 e. The molecule has 46 heavy (non-hydrogen) atoms. The number of H-pyrrole nitrogens is 1. The van der Waals surface area contributed by atoms with Gasteiger partial charge in [0, 0.05) is 23.9 Å². The molecule has 3 N–H and O–H groups in total. The van der Waals surface area contributed by atoms with Crippen LogP contribution < -0.4 is 9.64 Å². The van der Waals surface area contributed by atoms with Gasteiger partial charge in [-0.3, -0.25) is 4.68 Å². The fourth-order valence-electron chi connectivity index (χ4n) is 6.46. The molecule has 6 heterocycles. The van der Waals surface area contributed by atoms with Crippen molar-refractivity contribution in [3.8, 4) is 28.4 Å². The summed E-state index contributed by atoms with van der Waals surface area (Å²) < 4.78 is 34.4.